The molecule has 0 aliphatic rings. The molecule has 0 nitrogen and oxygen atoms in total. The molecule has 0 aliphatic carbocycles. The average molecular weight is 177 g/mol. The second kappa shape index (κ2) is 4.75. The highest BCUT2D eigenvalue weighted by Crippen LogP contribution is 2.07. The first kappa shape index (κ1) is 12.6. The van der Waals surface area contributed by atoms with Gasteiger partial charge >= 0.3 is 0 Å². The highest BCUT2D eigenvalue weighted by atomic mass is 35.5. The minimum atomic E-state index is -1.14. The first-order valence-electron chi connectivity index (χ1n) is 3.27. The molecule has 0 aromatic carbocycles. The van der Waals surface area contributed by atoms with E-state index in [9.17, 15) is 0 Å². The summed E-state index contributed by atoms with van der Waals surface area (Å²) in [6.45, 7) is 12.6. The Labute approximate surface area is 71.4 Å². The van der Waals surface area contributed by atoms with E-state index in [1.165, 1.54) is 5.57 Å². The topological polar surface area (TPSA) is 0 Å². The minimum absolute atomic E-state index is 0. The van der Waals surface area contributed by atoms with E-state index < -0.39 is 8.07 Å². The Bertz CT molecular complexity index is 132. The third kappa shape index (κ3) is 6.11. The first-order chi connectivity index (χ1) is 3.98. The molecule has 0 N–H and O–H groups in total. The Morgan fingerprint density at radius 1 is 1.30 bits per heavy atom. The Morgan fingerprint density at radius 3 is 1.80 bits per heavy atom. The van der Waals surface area contributed by atoms with Gasteiger partial charge in [-0.05, 0) is 13.8 Å². The van der Waals surface area contributed by atoms with Crippen LogP contribution in [0.4, 0.5) is 0 Å². The summed E-state index contributed by atoms with van der Waals surface area (Å²) in [6, 6.07) is 0. The van der Waals surface area contributed by atoms with Gasteiger partial charge in [-0.1, -0.05) is 30.1 Å². The summed E-state index contributed by atoms with van der Waals surface area (Å²) < 4.78 is 0. The Balaban J connectivity index is 0. The fourth-order valence-corrected chi connectivity index (χ4v) is 2.41. The van der Waals surface area contributed by atoms with Crippen molar-refractivity contribution in [3.05, 3.63) is 23.6 Å². The van der Waals surface area contributed by atoms with Gasteiger partial charge in [0.1, 0.15) is 0 Å². The van der Waals surface area contributed by atoms with E-state index in [4.69, 9.17) is 0 Å². The number of halogens is 1. The van der Waals surface area contributed by atoms with Crippen LogP contribution in [0.5, 0.6) is 0 Å². The molecule has 0 atom stereocenters. The normalized spacial score (nSPS) is 9.60. The van der Waals surface area contributed by atoms with E-state index in [0.29, 0.717) is 0 Å². The summed E-state index contributed by atoms with van der Waals surface area (Å²) in [5.74, 6) is 0. The quantitative estimate of drug-likeness (QED) is 0.567. The highest BCUT2D eigenvalue weighted by Gasteiger charge is 2.10. The maximum atomic E-state index is 3.80. The first-order valence-corrected chi connectivity index (χ1v) is 6.43. The van der Waals surface area contributed by atoms with E-state index in [1.54, 1.807) is 0 Å². The largest absolute Gasteiger partial charge is 0.147 e. The molecule has 0 aromatic rings. The van der Waals surface area contributed by atoms with Gasteiger partial charge in [-0.15, -0.1) is 19.0 Å². The SMILES string of the molecule is C=C[Si](C)(C)C=C(C)C.Cl. The van der Waals surface area contributed by atoms with Crippen LogP contribution in [-0.4, -0.2) is 8.07 Å². The number of hydrogen-bond donors (Lipinski definition) is 0. The zero-order valence-corrected chi connectivity index (χ0v) is 9.09. The van der Waals surface area contributed by atoms with Crippen LogP contribution in [0.2, 0.25) is 13.1 Å². The van der Waals surface area contributed by atoms with Crippen molar-refractivity contribution in [3.63, 3.8) is 0 Å². The number of rotatable bonds is 2. The summed E-state index contributed by atoms with van der Waals surface area (Å²) in [4.78, 5) is 0. The van der Waals surface area contributed by atoms with Gasteiger partial charge in [-0.3, -0.25) is 0 Å². The molecule has 0 heterocycles. The van der Waals surface area contributed by atoms with Gasteiger partial charge in [0.05, 0.1) is 8.07 Å². The van der Waals surface area contributed by atoms with Crippen LogP contribution in [0.15, 0.2) is 23.6 Å². The number of allylic oxidation sites excluding steroid dienone is 1. The molecule has 0 spiro atoms. The lowest BCUT2D eigenvalue weighted by atomic mass is 10.4. The number of hydrogen-bond acceptors (Lipinski definition) is 0. The molecule has 0 amide bonds. The van der Waals surface area contributed by atoms with Crippen molar-refractivity contribution in [2.24, 2.45) is 0 Å². The van der Waals surface area contributed by atoms with E-state index >= 15 is 0 Å². The summed E-state index contributed by atoms with van der Waals surface area (Å²) in [6.07, 6.45) is 0. The summed E-state index contributed by atoms with van der Waals surface area (Å²) in [5, 5.41) is 0. The third-order valence-corrected chi connectivity index (χ3v) is 3.56. The van der Waals surface area contributed by atoms with Gasteiger partial charge in [0, 0.05) is 0 Å². The fourth-order valence-electron chi connectivity index (χ4n) is 0.803. The molecule has 0 aliphatic heterocycles. The average Bonchev–Trinajstić information content (AvgIpc) is 1.63. The molecule has 0 saturated heterocycles. The second-order valence-electron chi connectivity index (χ2n) is 3.25. The van der Waals surface area contributed by atoms with Crippen molar-refractivity contribution >= 4 is 20.5 Å². The van der Waals surface area contributed by atoms with Crippen LogP contribution in [0.1, 0.15) is 13.8 Å². The van der Waals surface area contributed by atoms with Crippen molar-refractivity contribution in [2.75, 3.05) is 0 Å². The van der Waals surface area contributed by atoms with Gasteiger partial charge in [-0.2, -0.15) is 0 Å². The van der Waals surface area contributed by atoms with Crippen molar-refractivity contribution in [1.82, 2.24) is 0 Å². The predicted octanol–water partition coefficient (Wildman–Crippen LogP) is 3.35. The molecule has 0 saturated carbocycles. The maximum absolute atomic E-state index is 3.80. The van der Waals surface area contributed by atoms with Gasteiger partial charge in [0.2, 0.25) is 0 Å². The van der Waals surface area contributed by atoms with Gasteiger partial charge < -0.3 is 0 Å². The standard InChI is InChI=1S/C8H16Si.ClH/c1-6-9(4,5)7-8(2)3;/h6-7H,1H2,2-5H3;1H. The monoisotopic (exact) mass is 176 g/mol. The lowest BCUT2D eigenvalue weighted by Gasteiger charge is -2.10. The highest BCUT2D eigenvalue weighted by molar-refractivity contribution is 6.86. The zero-order chi connectivity index (χ0) is 7.49. The molecule has 0 unspecified atom stereocenters. The molecule has 0 fully saturated rings. The van der Waals surface area contributed by atoms with Crippen LogP contribution >= 0.6 is 12.4 Å². The van der Waals surface area contributed by atoms with Crippen LogP contribution in [0, 0.1) is 0 Å². The Morgan fingerprint density at radius 2 is 1.70 bits per heavy atom. The van der Waals surface area contributed by atoms with Gasteiger partial charge in [0.25, 0.3) is 0 Å². The maximum Gasteiger partial charge on any atom is 0.0947 e. The van der Waals surface area contributed by atoms with E-state index in [0.717, 1.165) is 0 Å². The summed E-state index contributed by atoms with van der Waals surface area (Å²) in [7, 11) is -1.14. The Hall–Kier alpha value is -0.0131. The lowest BCUT2D eigenvalue weighted by Crippen LogP contribution is -2.18. The zero-order valence-electron chi connectivity index (χ0n) is 7.27. The van der Waals surface area contributed by atoms with Crippen molar-refractivity contribution in [3.8, 4) is 0 Å². The molecule has 2 heteroatoms. The molecule has 10 heavy (non-hydrogen) atoms. The minimum Gasteiger partial charge on any atom is -0.147 e. The van der Waals surface area contributed by atoms with Crippen molar-refractivity contribution < 1.29 is 0 Å². The van der Waals surface area contributed by atoms with Gasteiger partial charge in [0.15, 0.2) is 0 Å². The van der Waals surface area contributed by atoms with E-state index in [1.807, 2.05) is 0 Å². The Kier molecular flexibility index (Phi) is 6.00. The second-order valence-corrected chi connectivity index (χ2v) is 7.59. The van der Waals surface area contributed by atoms with Crippen LogP contribution in [0.25, 0.3) is 0 Å². The molecule has 0 rings (SSSR count). The molecule has 60 valence electrons. The molecular formula is C8H17ClSi. The van der Waals surface area contributed by atoms with Crippen LogP contribution in [-0.2, 0) is 0 Å². The van der Waals surface area contributed by atoms with Gasteiger partial charge in [-0.25, -0.2) is 0 Å². The molecule has 0 radical (unpaired) electrons. The smallest absolute Gasteiger partial charge is 0.0947 e. The third-order valence-electron chi connectivity index (χ3n) is 1.19. The molecular weight excluding hydrogens is 160 g/mol. The fraction of sp³-hybridized carbons (Fsp3) is 0.500. The van der Waals surface area contributed by atoms with E-state index in [2.05, 4.69) is 44.9 Å². The summed E-state index contributed by atoms with van der Waals surface area (Å²) >= 11 is 0. The molecule has 0 bridgehead atoms. The molecule has 0 aromatic heterocycles. The van der Waals surface area contributed by atoms with Crippen molar-refractivity contribution in [2.45, 2.75) is 26.9 Å². The van der Waals surface area contributed by atoms with Crippen LogP contribution in [0.3, 0.4) is 0 Å². The van der Waals surface area contributed by atoms with Crippen LogP contribution < -0.4 is 0 Å². The van der Waals surface area contributed by atoms with Crippen molar-refractivity contribution in [1.29, 1.82) is 0 Å². The predicted molar refractivity (Wildman–Crippen MR) is 54.4 cm³/mol. The lowest BCUT2D eigenvalue weighted by molar-refractivity contribution is 1.40. The van der Waals surface area contributed by atoms with E-state index in [-0.39, 0.29) is 12.4 Å². The summed E-state index contributed by atoms with van der Waals surface area (Å²) in [5.41, 5.74) is 5.85.